The summed E-state index contributed by atoms with van der Waals surface area (Å²) in [5.74, 6) is 2.63. The summed E-state index contributed by atoms with van der Waals surface area (Å²) < 4.78 is 0. The van der Waals surface area contributed by atoms with E-state index >= 15 is 0 Å². The third kappa shape index (κ3) is 3.48. The summed E-state index contributed by atoms with van der Waals surface area (Å²) in [6.07, 6.45) is 0. The summed E-state index contributed by atoms with van der Waals surface area (Å²) >= 11 is 0. The fourth-order valence-electron chi connectivity index (χ4n) is 2.38. The summed E-state index contributed by atoms with van der Waals surface area (Å²) in [5, 5.41) is 3.14. The molecule has 0 atom stereocenters. The molecule has 2 rings (SSSR count). The fourth-order valence-corrected chi connectivity index (χ4v) is 2.38. The molecule has 0 radical (unpaired) electrons. The zero-order chi connectivity index (χ0) is 15.4. The lowest BCUT2D eigenvalue weighted by Crippen LogP contribution is -2.25. The van der Waals surface area contributed by atoms with E-state index in [-0.39, 0.29) is 0 Å². The van der Waals surface area contributed by atoms with Gasteiger partial charge in [-0.15, -0.1) is 0 Å². The summed E-state index contributed by atoms with van der Waals surface area (Å²) in [7, 11) is 1.89. The van der Waals surface area contributed by atoms with E-state index in [1.165, 1.54) is 0 Å². The number of aryl methyl sites for hydroxylation is 2. The van der Waals surface area contributed by atoms with Gasteiger partial charge in [-0.3, -0.25) is 4.98 Å². The number of anilines is 2. The minimum absolute atomic E-state index is 0.749. The van der Waals surface area contributed by atoms with Gasteiger partial charge < -0.3 is 10.2 Å². The second kappa shape index (κ2) is 6.52. The highest BCUT2D eigenvalue weighted by molar-refractivity contribution is 5.58. The Kier molecular flexibility index (Phi) is 4.73. The Bertz CT molecular complexity index is 624. The highest BCUT2D eigenvalue weighted by Crippen LogP contribution is 2.24. The zero-order valence-corrected chi connectivity index (χ0v) is 13.4. The van der Waals surface area contributed by atoms with Gasteiger partial charge in [0, 0.05) is 24.8 Å². The van der Waals surface area contributed by atoms with Gasteiger partial charge in [-0.1, -0.05) is 6.07 Å². The average Bonchev–Trinajstić information content (AvgIpc) is 2.47. The Morgan fingerprint density at radius 1 is 1.10 bits per heavy atom. The molecule has 0 aliphatic rings. The molecule has 0 bridgehead atoms. The van der Waals surface area contributed by atoms with E-state index in [0.29, 0.717) is 0 Å². The van der Waals surface area contributed by atoms with Crippen molar-refractivity contribution in [2.45, 2.75) is 34.2 Å². The number of rotatable bonds is 5. The smallest absolute Gasteiger partial charge is 0.137 e. The molecular formula is C16H23N5. The van der Waals surface area contributed by atoms with E-state index in [4.69, 9.17) is 0 Å². The molecule has 0 saturated carbocycles. The maximum Gasteiger partial charge on any atom is 0.137 e. The number of hydrogen-bond donors (Lipinski definition) is 1. The van der Waals surface area contributed by atoms with Crippen LogP contribution in [0.25, 0.3) is 0 Å². The molecule has 2 heterocycles. The maximum absolute atomic E-state index is 4.62. The molecule has 0 aliphatic heterocycles. The van der Waals surface area contributed by atoms with Crippen molar-refractivity contribution in [3.05, 3.63) is 41.0 Å². The molecule has 0 amide bonds. The Balaban J connectivity index is 2.35. The molecule has 2 aromatic heterocycles. The van der Waals surface area contributed by atoms with Gasteiger partial charge in [0.25, 0.3) is 0 Å². The third-order valence-corrected chi connectivity index (χ3v) is 3.45. The molecule has 0 fully saturated rings. The van der Waals surface area contributed by atoms with Gasteiger partial charge >= 0.3 is 0 Å². The molecule has 0 aromatic carbocycles. The number of nitrogens with zero attached hydrogens (tertiary/aromatic N) is 4. The van der Waals surface area contributed by atoms with E-state index in [1.54, 1.807) is 0 Å². The van der Waals surface area contributed by atoms with Crippen LogP contribution < -0.4 is 10.2 Å². The lowest BCUT2D eigenvalue weighted by atomic mass is 10.2. The molecule has 0 saturated heterocycles. The lowest BCUT2D eigenvalue weighted by Gasteiger charge is -2.24. The fraction of sp³-hybridized carbons (Fsp3) is 0.438. The van der Waals surface area contributed by atoms with Crippen molar-refractivity contribution in [1.29, 1.82) is 0 Å². The van der Waals surface area contributed by atoms with Crippen LogP contribution in [-0.2, 0) is 6.54 Å². The number of nitrogens with one attached hydrogen (secondary N) is 1. The summed E-state index contributed by atoms with van der Waals surface area (Å²) in [5.41, 5.74) is 3.16. The van der Waals surface area contributed by atoms with Crippen molar-refractivity contribution in [3.63, 3.8) is 0 Å². The minimum atomic E-state index is 0.749. The molecular weight excluding hydrogens is 262 g/mol. The highest BCUT2D eigenvalue weighted by atomic mass is 15.2. The SMILES string of the molecule is CCN(Cc1cccc(C)n1)c1nc(C)nc(NC)c1C. The van der Waals surface area contributed by atoms with Crippen LogP contribution in [0.1, 0.15) is 29.7 Å². The Morgan fingerprint density at radius 3 is 2.48 bits per heavy atom. The van der Waals surface area contributed by atoms with Crippen molar-refractivity contribution < 1.29 is 0 Å². The van der Waals surface area contributed by atoms with Gasteiger partial charge in [0.1, 0.15) is 17.5 Å². The van der Waals surface area contributed by atoms with Gasteiger partial charge in [-0.25, -0.2) is 9.97 Å². The van der Waals surface area contributed by atoms with Crippen LogP contribution in [0.15, 0.2) is 18.2 Å². The predicted molar refractivity (Wildman–Crippen MR) is 86.8 cm³/mol. The quantitative estimate of drug-likeness (QED) is 0.915. The molecule has 0 aliphatic carbocycles. The second-order valence-electron chi connectivity index (χ2n) is 5.10. The molecule has 21 heavy (non-hydrogen) atoms. The van der Waals surface area contributed by atoms with Crippen LogP contribution in [0.4, 0.5) is 11.6 Å². The van der Waals surface area contributed by atoms with Crippen molar-refractivity contribution in [2.75, 3.05) is 23.8 Å². The van der Waals surface area contributed by atoms with Gasteiger partial charge in [0.05, 0.1) is 12.2 Å². The van der Waals surface area contributed by atoms with E-state index in [9.17, 15) is 0 Å². The van der Waals surface area contributed by atoms with Crippen LogP contribution in [0.3, 0.4) is 0 Å². The summed E-state index contributed by atoms with van der Waals surface area (Å²) in [6, 6.07) is 6.11. The topological polar surface area (TPSA) is 53.9 Å². The van der Waals surface area contributed by atoms with Gasteiger partial charge in [0.15, 0.2) is 0 Å². The first-order valence-corrected chi connectivity index (χ1v) is 7.25. The molecule has 5 nitrogen and oxygen atoms in total. The first kappa shape index (κ1) is 15.2. The van der Waals surface area contributed by atoms with Crippen LogP contribution in [0.2, 0.25) is 0 Å². The standard InChI is InChI=1S/C16H23N5/c1-6-21(10-14-9-7-8-11(2)18-14)16-12(3)15(17-5)19-13(4)20-16/h7-9H,6,10H2,1-5H3,(H,17,19,20). The van der Waals surface area contributed by atoms with E-state index in [1.807, 2.05) is 40.0 Å². The molecule has 5 heteroatoms. The van der Waals surface area contributed by atoms with Crippen molar-refractivity contribution in [1.82, 2.24) is 15.0 Å². The van der Waals surface area contributed by atoms with Crippen LogP contribution >= 0.6 is 0 Å². The predicted octanol–water partition coefficient (Wildman–Crippen LogP) is 2.87. The van der Waals surface area contributed by atoms with Gasteiger partial charge in [0.2, 0.25) is 0 Å². The van der Waals surface area contributed by atoms with Crippen molar-refractivity contribution in [2.24, 2.45) is 0 Å². The molecule has 1 N–H and O–H groups in total. The minimum Gasteiger partial charge on any atom is -0.373 e. The highest BCUT2D eigenvalue weighted by Gasteiger charge is 2.15. The molecule has 0 spiro atoms. The van der Waals surface area contributed by atoms with E-state index < -0.39 is 0 Å². The summed E-state index contributed by atoms with van der Waals surface area (Å²) in [6.45, 7) is 9.73. The Morgan fingerprint density at radius 2 is 1.86 bits per heavy atom. The molecule has 0 unspecified atom stereocenters. The van der Waals surface area contributed by atoms with Crippen molar-refractivity contribution in [3.8, 4) is 0 Å². The van der Waals surface area contributed by atoms with E-state index in [2.05, 4.69) is 38.2 Å². The van der Waals surface area contributed by atoms with E-state index in [0.717, 1.165) is 47.5 Å². The average molecular weight is 285 g/mol. The maximum atomic E-state index is 4.62. The number of hydrogen-bond acceptors (Lipinski definition) is 5. The normalized spacial score (nSPS) is 10.5. The second-order valence-corrected chi connectivity index (χ2v) is 5.10. The van der Waals surface area contributed by atoms with Crippen LogP contribution in [0.5, 0.6) is 0 Å². The van der Waals surface area contributed by atoms with Crippen molar-refractivity contribution >= 4 is 11.6 Å². The molecule has 2 aromatic rings. The lowest BCUT2D eigenvalue weighted by molar-refractivity contribution is 0.779. The van der Waals surface area contributed by atoms with Gasteiger partial charge in [-0.05, 0) is 39.8 Å². The third-order valence-electron chi connectivity index (χ3n) is 3.45. The Hall–Kier alpha value is -2.17. The monoisotopic (exact) mass is 285 g/mol. The van der Waals surface area contributed by atoms with Crippen LogP contribution in [0, 0.1) is 20.8 Å². The van der Waals surface area contributed by atoms with Crippen LogP contribution in [-0.4, -0.2) is 28.5 Å². The zero-order valence-electron chi connectivity index (χ0n) is 13.4. The summed E-state index contributed by atoms with van der Waals surface area (Å²) in [4.78, 5) is 15.9. The largest absolute Gasteiger partial charge is 0.373 e. The first-order chi connectivity index (χ1) is 10.0. The molecule has 112 valence electrons. The Labute approximate surface area is 126 Å². The first-order valence-electron chi connectivity index (χ1n) is 7.25. The number of aromatic nitrogens is 3. The number of pyridine rings is 1. The van der Waals surface area contributed by atoms with Gasteiger partial charge in [-0.2, -0.15) is 0 Å².